The number of nitrogens with zero attached hydrogens (tertiary/aromatic N) is 1. The minimum Gasteiger partial charge on any atom is -0.496 e. The second-order valence-corrected chi connectivity index (χ2v) is 5.74. The van der Waals surface area contributed by atoms with Gasteiger partial charge in [0, 0.05) is 19.1 Å². The van der Waals surface area contributed by atoms with Gasteiger partial charge in [-0.2, -0.15) is 0 Å². The van der Waals surface area contributed by atoms with Crippen LogP contribution in [0.4, 0.5) is 0 Å². The molecule has 0 radical (unpaired) electrons. The Hall–Kier alpha value is -1.26. The molecule has 5 heteroatoms. The van der Waals surface area contributed by atoms with Crippen LogP contribution in [0.2, 0.25) is 5.02 Å². The molecule has 0 aliphatic carbocycles. The molecule has 1 aromatic rings. The van der Waals surface area contributed by atoms with Gasteiger partial charge in [0.2, 0.25) is 0 Å². The lowest BCUT2D eigenvalue weighted by atomic mass is 9.92. The molecule has 1 aliphatic heterocycles. The number of carbonyl (C=O) groups excluding carboxylic acids is 1. The molecule has 0 saturated carbocycles. The average molecular weight is 297 g/mol. The van der Waals surface area contributed by atoms with E-state index in [9.17, 15) is 4.79 Å². The molecule has 2 atom stereocenters. The smallest absolute Gasteiger partial charge is 0.259 e. The van der Waals surface area contributed by atoms with Crippen LogP contribution in [-0.2, 0) is 0 Å². The van der Waals surface area contributed by atoms with E-state index in [4.69, 9.17) is 22.1 Å². The van der Waals surface area contributed by atoms with Crippen molar-refractivity contribution in [2.24, 2.45) is 11.7 Å². The summed E-state index contributed by atoms with van der Waals surface area (Å²) < 4.78 is 5.26. The minimum absolute atomic E-state index is 0.0715. The molecule has 2 unspecified atom stereocenters. The quantitative estimate of drug-likeness (QED) is 0.932. The van der Waals surface area contributed by atoms with E-state index >= 15 is 0 Å². The highest BCUT2D eigenvalue weighted by atomic mass is 35.5. The largest absolute Gasteiger partial charge is 0.496 e. The first-order valence-corrected chi connectivity index (χ1v) is 7.29. The molecule has 4 nitrogen and oxygen atoms in total. The Balaban J connectivity index is 2.23. The van der Waals surface area contributed by atoms with E-state index in [1.807, 2.05) is 11.8 Å². The van der Waals surface area contributed by atoms with Crippen LogP contribution in [0.1, 0.15) is 30.1 Å². The number of amides is 1. The Labute approximate surface area is 124 Å². The second kappa shape index (κ2) is 6.46. The highest BCUT2D eigenvalue weighted by molar-refractivity contribution is 6.34. The lowest BCUT2D eigenvalue weighted by Crippen LogP contribution is -2.45. The summed E-state index contributed by atoms with van der Waals surface area (Å²) >= 11 is 6.17. The van der Waals surface area contributed by atoms with Crippen molar-refractivity contribution in [1.29, 1.82) is 0 Å². The Morgan fingerprint density at radius 1 is 1.55 bits per heavy atom. The lowest BCUT2D eigenvalue weighted by molar-refractivity contribution is 0.0658. The number of methoxy groups -OCH3 is 1. The van der Waals surface area contributed by atoms with Gasteiger partial charge in [-0.25, -0.2) is 0 Å². The molecule has 110 valence electrons. The van der Waals surface area contributed by atoms with Gasteiger partial charge in [0.1, 0.15) is 11.3 Å². The van der Waals surface area contributed by atoms with Crippen LogP contribution in [0, 0.1) is 5.92 Å². The molecule has 1 aliphatic rings. The van der Waals surface area contributed by atoms with Gasteiger partial charge in [0.25, 0.3) is 5.91 Å². The van der Waals surface area contributed by atoms with E-state index in [0.717, 1.165) is 19.4 Å². The van der Waals surface area contributed by atoms with Crippen LogP contribution in [0.3, 0.4) is 0 Å². The SMILES string of the molecule is COc1cccc(Cl)c1C(=O)N1CCCC(C(C)N)C1. The van der Waals surface area contributed by atoms with Gasteiger partial charge in [0.05, 0.1) is 12.1 Å². The topological polar surface area (TPSA) is 55.6 Å². The Bertz CT molecular complexity index is 491. The summed E-state index contributed by atoms with van der Waals surface area (Å²) in [5, 5.41) is 0.428. The molecule has 1 amide bonds. The maximum atomic E-state index is 12.7. The molecule has 2 N–H and O–H groups in total. The average Bonchev–Trinajstić information content (AvgIpc) is 2.46. The summed E-state index contributed by atoms with van der Waals surface area (Å²) in [4.78, 5) is 14.5. The number of benzene rings is 1. The summed E-state index contributed by atoms with van der Waals surface area (Å²) in [5.74, 6) is 0.796. The number of hydrogen-bond acceptors (Lipinski definition) is 3. The Morgan fingerprint density at radius 2 is 2.30 bits per heavy atom. The van der Waals surface area contributed by atoms with Crippen molar-refractivity contribution in [3.8, 4) is 5.75 Å². The van der Waals surface area contributed by atoms with Crippen LogP contribution in [-0.4, -0.2) is 37.0 Å². The molecule has 1 aromatic carbocycles. The predicted molar refractivity (Wildman–Crippen MR) is 80.3 cm³/mol. The monoisotopic (exact) mass is 296 g/mol. The number of ether oxygens (including phenoxy) is 1. The molecule has 0 aromatic heterocycles. The number of carbonyl (C=O) groups is 1. The van der Waals surface area contributed by atoms with Crippen molar-refractivity contribution in [2.75, 3.05) is 20.2 Å². The van der Waals surface area contributed by atoms with Crippen molar-refractivity contribution in [2.45, 2.75) is 25.8 Å². The summed E-state index contributed by atoms with van der Waals surface area (Å²) in [6.07, 6.45) is 2.05. The zero-order chi connectivity index (χ0) is 14.7. The first-order chi connectivity index (χ1) is 9.54. The van der Waals surface area contributed by atoms with E-state index in [2.05, 4.69) is 0 Å². The maximum absolute atomic E-state index is 12.7. The van der Waals surface area contributed by atoms with Crippen LogP contribution < -0.4 is 10.5 Å². The van der Waals surface area contributed by atoms with E-state index in [1.165, 1.54) is 0 Å². The van der Waals surface area contributed by atoms with Crippen molar-refractivity contribution in [3.05, 3.63) is 28.8 Å². The van der Waals surface area contributed by atoms with Gasteiger partial charge >= 0.3 is 0 Å². The maximum Gasteiger partial charge on any atom is 0.259 e. The van der Waals surface area contributed by atoms with Crippen LogP contribution >= 0.6 is 11.6 Å². The van der Waals surface area contributed by atoms with Gasteiger partial charge in [-0.1, -0.05) is 17.7 Å². The molecule has 1 fully saturated rings. The van der Waals surface area contributed by atoms with Crippen LogP contribution in [0.5, 0.6) is 5.75 Å². The number of rotatable bonds is 3. The third kappa shape index (κ3) is 3.07. The molecule has 0 bridgehead atoms. The van der Waals surface area contributed by atoms with Gasteiger partial charge in [-0.15, -0.1) is 0 Å². The molecule has 20 heavy (non-hydrogen) atoms. The normalized spacial score (nSPS) is 20.6. The summed E-state index contributed by atoms with van der Waals surface area (Å²) in [5.41, 5.74) is 6.41. The molecular formula is C15H21ClN2O2. The van der Waals surface area contributed by atoms with Crippen molar-refractivity contribution in [3.63, 3.8) is 0 Å². The summed E-state index contributed by atoms with van der Waals surface area (Å²) in [7, 11) is 1.55. The van der Waals surface area contributed by atoms with Crippen LogP contribution in [0.15, 0.2) is 18.2 Å². The van der Waals surface area contributed by atoms with Crippen LogP contribution in [0.25, 0.3) is 0 Å². The number of hydrogen-bond donors (Lipinski definition) is 1. The lowest BCUT2D eigenvalue weighted by Gasteiger charge is -2.35. The standard InChI is InChI=1S/C15H21ClN2O2/c1-10(17)11-5-4-8-18(9-11)15(19)14-12(16)6-3-7-13(14)20-2/h3,6-7,10-11H,4-5,8-9,17H2,1-2H3. The van der Waals surface area contributed by atoms with Crippen molar-refractivity contribution >= 4 is 17.5 Å². The number of halogens is 1. The van der Waals surface area contributed by atoms with Gasteiger partial charge in [0.15, 0.2) is 0 Å². The molecule has 0 spiro atoms. The minimum atomic E-state index is -0.0715. The molecule has 1 heterocycles. The van der Waals surface area contributed by atoms with E-state index < -0.39 is 0 Å². The molecular weight excluding hydrogens is 276 g/mol. The highest BCUT2D eigenvalue weighted by Gasteiger charge is 2.29. The van der Waals surface area contributed by atoms with E-state index in [-0.39, 0.29) is 11.9 Å². The third-order valence-electron chi connectivity index (χ3n) is 3.90. The predicted octanol–water partition coefficient (Wildman–Crippen LogP) is 2.55. The van der Waals surface area contributed by atoms with E-state index in [0.29, 0.717) is 28.8 Å². The summed E-state index contributed by atoms with van der Waals surface area (Å²) in [6, 6.07) is 5.34. The van der Waals surface area contributed by atoms with Gasteiger partial charge < -0.3 is 15.4 Å². The summed E-state index contributed by atoms with van der Waals surface area (Å²) in [6.45, 7) is 3.43. The molecule has 1 saturated heterocycles. The zero-order valence-corrected chi connectivity index (χ0v) is 12.7. The number of likely N-dealkylation sites (tertiary alicyclic amines) is 1. The zero-order valence-electron chi connectivity index (χ0n) is 11.9. The van der Waals surface area contributed by atoms with Gasteiger partial charge in [-0.05, 0) is 37.8 Å². The number of nitrogens with two attached hydrogens (primary N) is 1. The molecule has 2 rings (SSSR count). The second-order valence-electron chi connectivity index (χ2n) is 5.33. The van der Waals surface area contributed by atoms with E-state index in [1.54, 1.807) is 25.3 Å². The highest BCUT2D eigenvalue weighted by Crippen LogP contribution is 2.29. The Kier molecular flexibility index (Phi) is 4.89. The fourth-order valence-corrected chi connectivity index (χ4v) is 2.91. The van der Waals surface area contributed by atoms with Gasteiger partial charge in [-0.3, -0.25) is 4.79 Å². The Morgan fingerprint density at radius 3 is 2.95 bits per heavy atom. The first-order valence-electron chi connectivity index (χ1n) is 6.92. The van der Waals surface area contributed by atoms with Crippen molar-refractivity contribution < 1.29 is 9.53 Å². The van der Waals surface area contributed by atoms with Crippen molar-refractivity contribution in [1.82, 2.24) is 4.90 Å². The fraction of sp³-hybridized carbons (Fsp3) is 0.533. The fourth-order valence-electron chi connectivity index (χ4n) is 2.66. The third-order valence-corrected chi connectivity index (χ3v) is 4.21. The first kappa shape index (κ1) is 15.1. The number of piperidine rings is 1.